The summed E-state index contributed by atoms with van der Waals surface area (Å²) >= 11 is 0. The van der Waals surface area contributed by atoms with Crippen molar-refractivity contribution in [2.75, 3.05) is 20.1 Å². The van der Waals surface area contributed by atoms with E-state index in [0.29, 0.717) is 12.5 Å². The van der Waals surface area contributed by atoms with E-state index >= 15 is 0 Å². The van der Waals surface area contributed by atoms with Crippen LogP contribution in [0.2, 0.25) is 0 Å². The Balaban J connectivity index is 1.92. The second-order valence-electron chi connectivity index (χ2n) is 6.18. The number of fused-ring (bicyclic) bond motifs is 1. The highest BCUT2D eigenvalue weighted by Crippen LogP contribution is 2.23. The molecule has 0 aliphatic heterocycles. The molecule has 0 fully saturated rings. The van der Waals surface area contributed by atoms with E-state index in [1.54, 1.807) is 0 Å². The van der Waals surface area contributed by atoms with Crippen LogP contribution in [0.1, 0.15) is 48.2 Å². The van der Waals surface area contributed by atoms with E-state index in [4.69, 9.17) is 0 Å². The van der Waals surface area contributed by atoms with Crippen molar-refractivity contribution in [2.24, 2.45) is 5.92 Å². The number of carbonyl (C=O) groups excluding carboxylic acids is 1. The summed E-state index contributed by atoms with van der Waals surface area (Å²) < 4.78 is 0. The van der Waals surface area contributed by atoms with Crippen LogP contribution in [0.15, 0.2) is 18.2 Å². The Morgan fingerprint density at radius 2 is 2.00 bits per heavy atom. The molecule has 1 aromatic carbocycles. The van der Waals surface area contributed by atoms with Crippen LogP contribution in [-0.2, 0) is 12.8 Å². The third kappa shape index (κ3) is 3.90. The van der Waals surface area contributed by atoms with E-state index in [1.165, 1.54) is 24.0 Å². The molecule has 104 valence electrons. The zero-order chi connectivity index (χ0) is 13.8. The Hall–Kier alpha value is -1.15. The average molecular weight is 259 g/mol. The molecule has 0 saturated heterocycles. The minimum Gasteiger partial charge on any atom is -0.299 e. The lowest BCUT2D eigenvalue weighted by molar-refractivity contribution is 0.0943. The first-order valence-corrected chi connectivity index (χ1v) is 7.40. The fraction of sp³-hybridized carbons (Fsp3) is 0.588. The first-order valence-electron chi connectivity index (χ1n) is 7.40. The fourth-order valence-corrected chi connectivity index (χ4v) is 2.64. The highest BCUT2D eigenvalue weighted by atomic mass is 16.1. The first kappa shape index (κ1) is 14.3. The monoisotopic (exact) mass is 259 g/mol. The van der Waals surface area contributed by atoms with Gasteiger partial charge in [-0.2, -0.15) is 0 Å². The van der Waals surface area contributed by atoms with Crippen molar-refractivity contribution < 1.29 is 4.79 Å². The van der Waals surface area contributed by atoms with Crippen LogP contribution in [0.4, 0.5) is 0 Å². The number of carbonyl (C=O) groups is 1. The zero-order valence-electron chi connectivity index (χ0n) is 12.4. The average Bonchev–Trinajstić information content (AvgIpc) is 2.83. The minimum absolute atomic E-state index is 0.251. The van der Waals surface area contributed by atoms with Crippen molar-refractivity contribution in [3.05, 3.63) is 34.9 Å². The van der Waals surface area contributed by atoms with Crippen LogP contribution in [-0.4, -0.2) is 30.8 Å². The van der Waals surface area contributed by atoms with Crippen molar-refractivity contribution in [1.29, 1.82) is 0 Å². The largest absolute Gasteiger partial charge is 0.299 e. The molecule has 0 heterocycles. The van der Waals surface area contributed by atoms with Gasteiger partial charge in [-0.15, -0.1) is 0 Å². The van der Waals surface area contributed by atoms with Crippen molar-refractivity contribution >= 4 is 5.78 Å². The number of hydrogen-bond acceptors (Lipinski definition) is 2. The molecule has 1 aliphatic rings. The lowest BCUT2D eigenvalue weighted by atomic mass is 10.0. The molecule has 0 N–H and O–H groups in total. The van der Waals surface area contributed by atoms with E-state index in [1.807, 2.05) is 13.1 Å². The molecule has 1 aliphatic carbocycles. The quantitative estimate of drug-likeness (QED) is 0.730. The molecule has 1 aromatic rings. The van der Waals surface area contributed by atoms with Crippen molar-refractivity contribution in [1.82, 2.24) is 4.90 Å². The minimum atomic E-state index is 0.251. The van der Waals surface area contributed by atoms with E-state index in [2.05, 4.69) is 30.9 Å². The van der Waals surface area contributed by atoms with Crippen LogP contribution in [0.25, 0.3) is 0 Å². The van der Waals surface area contributed by atoms with Crippen LogP contribution in [0, 0.1) is 5.92 Å². The van der Waals surface area contributed by atoms with E-state index < -0.39 is 0 Å². The van der Waals surface area contributed by atoms with Crippen LogP contribution in [0.5, 0.6) is 0 Å². The number of ketones is 1. The summed E-state index contributed by atoms with van der Waals surface area (Å²) in [5, 5.41) is 0. The van der Waals surface area contributed by atoms with Gasteiger partial charge in [0.2, 0.25) is 0 Å². The topological polar surface area (TPSA) is 20.3 Å². The molecule has 0 radical (unpaired) electrons. The highest BCUT2D eigenvalue weighted by Gasteiger charge is 2.15. The lowest BCUT2D eigenvalue weighted by Crippen LogP contribution is -2.27. The van der Waals surface area contributed by atoms with Gasteiger partial charge in [-0.05, 0) is 62.4 Å². The van der Waals surface area contributed by atoms with Gasteiger partial charge in [0.05, 0.1) is 6.54 Å². The van der Waals surface area contributed by atoms with Gasteiger partial charge in [-0.1, -0.05) is 26.0 Å². The zero-order valence-corrected chi connectivity index (χ0v) is 12.4. The summed E-state index contributed by atoms with van der Waals surface area (Å²) in [6, 6.07) is 6.26. The van der Waals surface area contributed by atoms with Gasteiger partial charge in [-0.25, -0.2) is 0 Å². The van der Waals surface area contributed by atoms with Gasteiger partial charge < -0.3 is 0 Å². The van der Waals surface area contributed by atoms with Crippen molar-refractivity contribution in [2.45, 2.75) is 39.5 Å². The second kappa shape index (κ2) is 6.33. The highest BCUT2D eigenvalue weighted by molar-refractivity contribution is 5.97. The predicted octanol–water partition coefficient (Wildman–Crippen LogP) is 3.34. The molecule has 19 heavy (non-hydrogen) atoms. The molecule has 0 bridgehead atoms. The molecule has 0 atom stereocenters. The Labute approximate surface area is 116 Å². The molecule has 0 saturated carbocycles. The van der Waals surface area contributed by atoms with Gasteiger partial charge in [0, 0.05) is 5.56 Å². The number of hydrogen-bond donors (Lipinski definition) is 0. The summed E-state index contributed by atoms with van der Waals surface area (Å²) in [7, 11) is 2.04. The molecule has 0 unspecified atom stereocenters. The van der Waals surface area contributed by atoms with Crippen molar-refractivity contribution in [3.8, 4) is 0 Å². The van der Waals surface area contributed by atoms with E-state index in [9.17, 15) is 4.79 Å². The van der Waals surface area contributed by atoms with Gasteiger partial charge in [0.25, 0.3) is 0 Å². The molecule has 0 amide bonds. The summed E-state index contributed by atoms with van der Waals surface area (Å²) in [5.74, 6) is 0.943. The molecule has 0 spiro atoms. The van der Waals surface area contributed by atoms with Gasteiger partial charge in [0.1, 0.15) is 0 Å². The van der Waals surface area contributed by atoms with Crippen molar-refractivity contribution in [3.63, 3.8) is 0 Å². The third-order valence-electron chi connectivity index (χ3n) is 3.92. The summed E-state index contributed by atoms with van der Waals surface area (Å²) in [4.78, 5) is 14.4. The summed E-state index contributed by atoms with van der Waals surface area (Å²) in [6.45, 7) is 5.96. The standard InChI is InChI=1S/C17H25NO/c1-13(2)9-10-18(3)12-17(19)16-8-7-14-5-4-6-15(14)11-16/h7-8,11,13H,4-6,9-10,12H2,1-3H3. The van der Waals surface area contributed by atoms with E-state index in [0.717, 1.165) is 24.9 Å². The Morgan fingerprint density at radius 1 is 1.26 bits per heavy atom. The number of aryl methyl sites for hydroxylation is 2. The number of Topliss-reactive ketones (excluding diaryl/α,β-unsaturated/α-hetero) is 1. The fourth-order valence-electron chi connectivity index (χ4n) is 2.64. The molecular formula is C17H25NO. The molecule has 2 heteroatoms. The number of nitrogens with zero attached hydrogens (tertiary/aromatic N) is 1. The Bertz CT molecular complexity index is 451. The summed E-state index contributed by atoms with van der Waals surface area (Å²) in [6.07, 6.45) is 4.70. The van der Waals surface area contributed by atoms with E-state index in [-0.39, 0.29) is 5.78 Å². The normalized spacial score (nSPS) is 14.2. The molecular weight excluding hydrogens is 234 g/mol. The maximum Gasteiger partial charge on any atom is 0.176 e. The SMILES string of the molecule is CC(C)CCN(C)CC(=O)c1ccc2c(c1)CCC2. The number of rotatable bonds is 6. The third-order valence-corrected chi connectivity index (χ3v) is 3.92. The first-order chi connectivity index (χ1) is 9.06. The number of benzene rings is 1. The predicted molar refractivity (Wildman–Crippen MR) is 79.7 cm³/mol. The maximum atomic E-state index is 12.3. The van der Waals surface area contributed by atoms with Crippen LogP contribution < -0.4 is 0 Å². The second-order valence-corrected chi connectivity index (χ2v) is 6.18. The Morgan fingerprint density at radius 3 is 2.74 bits per heavy atom. The molecule has 0 aromatic heterocycles. The molecule has 2 nitrogen and oxygen atoms in total. The van der Waals surface area contributed by atoms with Gasteiger partial charge in [0.15, 0.2) is 5.78 Å². The summed E-state index contributed by atoms with van der Waals surface area (Å²) in [5.41, 5.74) is 3.71. The Kier molecular flexibility index (Phi) is 4.76. The number of likely N-dealkylation sites (N-methyl/N-ethyl adjacent to an activating group) is 1. The van der Waals surface area contributed by atoms with Gasteiger partial charge >= 0.3 is 0 Å². The molecule has 2 rings (SSSR count). The smallest absolute Gasteiger partial charge is 0.176 e. The maximum absolute atomic E-state index is 12.3. The van der Waals surface area contributed by atoms with Crippen LogP contribution >= 0.6 is 0 Å². The van der Waals surface area contributed by atoms with Crippen LogP contribution in [0.3, 0.4) is 0 Å². The van der Waals surface area contributed by atoms with Gasteiger partial charge in [-0.3, -0.25) is 9.69 Å². The lowest BCUT2D eigenvalue weighted by Gasteiger charge is -2.17.